The standard InChI is InChI=1S/C24H20N4O4S2/c1-12-25-16-10-14(6-8-19(16)33-12)26-23(30)15-3-2-4-20-21(15)27-24(34-20)28-22(29)13-5-7-17-18(9-13)32-11-31-17/h5-10,15H,2-4,11H2,1H3,(H,26,30)(H,27,28,29). The molecule has 1 unspecified atom stereocenters. The Labute approximate surface area is 203 Å². The van der Waals surface area contributed by atoms with E-state index in [4.69, 9.17) is 9.47 Å². The number of anilines is 2. The van der Waals surface area contributed by atoms with Crippen LogP contribution in [0, 0.1) is 6.92 Å². The number of rotatable bonds is 4. The van der Waals surface area contributed by atoms with E-state index in [1.54, 1.807) is 29.5 Å². The molecule has 6 rings (SSSR count). The molecule has 0 spiro atoms. The molecule has 8 nitrogen and oxygen atoms in total. The molecule has 0 bridgehead atoms. The van der Waals surface area contributed by atoms with Gasteiger partial charge in [0.2, 0.25) is 12.7 Å². The molecule has 2 aliphatic rings. The van der Waals surface area contributed by atoms with Crippen molar-refractivity contribution in [2.24, 2.45) is 0 Å². The first-order valence-electron chi connectivity index (χ1n) is 10.9. The van der Waals surface area contributed by atoms with Crippen LogP contribution in [0.2, 0.25) is 0 Å². The smallest absolute Gasteiger partial charge is 0.257 e. The minimum atomic E-state index is -0.357. The summed E-state index contributed by atoms with van der Waals surface area (Å²) in [6.45, 7) is 2.12. The van der Waals surface area contributed by atoms with Crippen LogP contribution in [0.5, 0.6) is 11.5 Å². The minimum Gasteiger partial charge on any atom is -0.454 e. The molecule has 0 fully saturated rings. The highest BCUT2D eigenvalue weighted by Gasteiger charge is 2.31. The topological polar surface area (TPSA) is 102 Å². The summed E-state index contributed by atoms with van der Waals surface area (Å²) < 4.78 is 11.8. The normalized spacial score (nSPS) is 16.3. The second kappa shape index (κ2) is 8.37. The summed E-state index contributed by atoms with van der Waals surface area (Å²) in [5.74, 6) is 0.445. The number of ether oxygens (including phenoxy) is 2. The summed E-state index contributed by atoms with van der Waals surface area (Å²) in [6, 6.07) is 10.8. The van der Waals surface area contributed by atoms with Crippen molar-refractivity contribution in [1.82, 2.24) is 9.97 Å². The van der Waals surface area contributed by atoms with Crippen molar-refractivity contribution >= 4 is 55.5 Å². The number of nitrogens with one attached hydrogen (secondary N) is 2. The molecule has 2 aromatic heterocycles. The van der Waals surface area contributed by atoms with Crippen LogP contribution in [-0.2, 0) is 11.2 Å². The Balaban J connectivity index is 1.19. The molecule has 10 heteroatoms. The average Bonchev–Trinajstić information content (AvgIpc) is 3.54. The molecular weight excluding hydrogens is 472 g/mol. The van der Waals surface area contributed by atoms with Crippen LogP contribution in [-0.4, -0.2) is 28.6 Å². The lowest BCUT2D eigenvalue weighted by Crippen LogP contribution is -2.24. The molecule has 3 heterocycles. The third kappa shape index (κ3) is 3.88. The van der Waals surface area contributed by atoms with Crippen LogP contribution < -0.4 is 20.1 Å². The molecule has 1 aliphatic carbocycles. The predicted molar refractivity (Wildman–Crippen MR) is 131 cm³/mol. The van der Waals surface area contributed by atoms with E-state index in [2.05, 4.69) is 20.6 Å². The maximum Gasteiger partial charge on any atom is 0.257 e. The molecule has 172 valence electrons. The maximum absolute atomic E-state index is 13.2. The number of carbonyl (C=O) groups excluding carboxylic acids is 2. The molecule has 1 aliphatic heterocycles. The van der Waals surface area contributed by atoms with Crippen LogP contribution in [0.3, 0.4) is 0 Å². The Kier molecular flexibility index (Phi) is 5.19. The number of hydrogen-bond acceptors (Lipinski definition) is 8. The minimum absolute atomic E-state index is 0.0915. The summed E-state index contributed by atoms with van der Waals surface area (Å²) in [4.78, 5) is 36.1. The van der Waals surface area contributed by atoms with Crippen molar-refractivity contribution in [1.29, 1.82) is 0 Å². The number of benzene rings is 2. The number of fused-ring (bicyclic) bond motifs is 3. The number of hydrogen-bond donors (Lipinski definition) is 2. The highest BCUT2D eigenvalue weighted by atomic mass is 32.1. The molecule has 2 N–H and O–H groups in total. The predicted octanol–water partition coefficient (Wildman–Crippen LogP) is 5.10. The summed E-state index contributed by atoms with van der Waals surface area (Å²) in [5.41, 5.74) is 2.81. The van der Waals surface area contributed by atoms with Gasteiger partial charge in [-0.15, -0.1) is 22.7 Å². The van der Waals surface area contributed by atoms with E-state index in [0.29, 0.717) is 22.2 Å². The highest BCUT2D eigenvalue weighted by Crippen LogP contribution is 2.38. The molecule has 2 aromatic carbocycles. The molecule has 2 amide bonds. The zero-order chi connectivity index (χ0) is 23.2. The zero-order valence-electron chi connectivity index (χ0n) is 18.2. The van der Waals surface area contributed by atoms with Crippen LogP contribution in [0.1, 0.15) is 44.7 Å². The van der Waals surface area contributed by atoms with E-state index >= 15 is 0 Å². The van der Waals surface area contributed by atoms with Crippen LogP contribution in [0.25, 0.3) is 10.2 Å². The quantitative estimate of drug-likeness (QED) is 0.411. The van der Waals surface area contributed by atoms with Gasteiger partial charge in [-0.3, -0.25) is 14.9 Å². The number of aromatic nitrogens is 2. The van der Waals surface area contributed by atoms with Gasteiger partial charge < -0.3 is 14.8 Å². The number of thiazole rings is 2. The largest absolute Gasteiger partial charge is 0.454 e. The maximum atomic E-state index is 13.2. The number of nitrogens with zero attached hydrogens (tertiary/aromatic N) is 2. The SMILES string of the molecule is Cc1nc2cc(NC(=O)C3CCCc4sc(NC(=O)c5ccc6c(c5)OCO6)nc43)ccc2s1. The van der Waals surface area contributed by atoms with Gasteiger partial charge in [0.15, 0.2) is 16.6 Å². The van der Waals surface area contributed by atoms with Gasteiger partial charge in [-0.2, -0.15) is 0 Å². The monoisotopic (exact) mass is 492 g/mol. The summed E-state index contributed by atoms with van der Waals surface area (Å²) in [7, 11) is 0. The van der Waals surface area contributed by atoms with Gasteiger partial charge in [-0.1, -0.05) is 0 Å². The second-order valence-electron chi connectivity index (χ2n) is 8.20. The Morgan fingerprint density at radius 2 is 1.91 bits per heavy atom. The zero-order valence-corrected chi connectivity index (χ0v) is 19.8. The van der Waals surface area contributed by atoms with Crippen LogP contribution in [0.4, 0.5) is 10.8 Å². The lowest BCUT2D eigenvalue weighted by molar-refractivity contribution is -0.117. The van der Waals surface area contributed by atoms with Crippen LogP contribution in [0.15, 0.2) is 36.4 Å². The van der Waals surface area contributed by atoms with Crippen LogP contribution >= 0.6 is 22.7 Å². The van der Waals surface area contributed by atoms with Gasteiger partial charge >= 0.3 is 0 Å². The summed E-state index contributed by atoms with van der Waals surface area (Å²) in [5, 5.41) is 7.39. The number of carbonyl (C=O) groups is 2. The van der Waals surface area contributed by atoms with Gasteiger partial charge in [-0.05, 0) is 62.6 Å². The molecule has 0 saturated carbocycles. The number of amides is 2. The first-order chi connectivity index (χ1) is 16.5. The Morgan fingerprint density at radius 1 is 1.03 bits per heavy atom. The van der Waals surface area contributed by atoms with Gasteiger partial charge in [0.25, 0.3) is 5.91 Å². The molecule has 4 aromatic rings. The first kappa shape index (κ1) is 21.1. The highest BCUT2D eigenvalue weighted by molar-refractivity contribution is 7.18. The fraction of sp³-hybridized carbons (Fsp3) is 0.250. The van der Waals surface area contributed by atoms with E-state index < -0.39 is 0 Å². The molecule has 0 radical (unpaired) electrons. The summed E-state index contributed by atoms with van der Waals surface area (Å²) in [6.07, 6.45) is 2.46. The molecule has 1 atom stereocenters. The van der Waals surface area contributed by atoms with Crippen molar-refractivity contribution in [3.8, 4) is 11.5 Å². The lowest BCUT2D eigenvalue weighted by atomic mass is 9.90. The fourth-order valence-corrected chi connectivity index (χ4v) is 6.15. The van der Waals surface area contributed by atoms with E-state index in [9.17, 15) is 9.59 Å². The van der Waals surface area contributed by atoms with Gasteiger partial charge in [-0.25, -0.2) is 9.97 Å². The van der Waals surface area contributed by atoms with Crippen molar-refractivity contribution < 1.29 is 19.1 Å². The van der Waals surface area contributed by atoms with Crippen molar-refractivity contribution in [3.63, 3.8) is 0 Å². The fourth-order valence-electron chi connectivity index (χ4n) is 4.28. The Hall–Kier alpha value is -3.50. The van der Waals surface area contributed by atoms with E-state index in [0.717, 1.165) is 50.7 Å². The van der Waals surface area contributed by atoms with Crippen molar-refractivity contribution in [3.05, 3.63) is 57.5 Å². The van der Waals surface area contributed by atoms with E-state index in [1.807, 2.05) is 25.1 Å². The van der Waals surface area contributed by atoms with Gasteiger partial charge in [0.05, 0.1) is 26.8 Å². The second-order valence-corrected chi connectivity index (χ2v) is 10.5. The van der Waals surface area contributed by atoms with Gasteiger partial charge in [0.1, 0.15) is 0 Å². The molecular formula is C24H20N4O4S2. The Morgan fingerprint density at radius 3 is 2.82 bits per heavy atom. The third-order valence-electron chi connectivity index (χ3n) is 5.89. The average molecular weight is 493 g/mol. The van der Waals surface area contributed by atoms with E-state index in [1.165, 1.54) is 11.3 Å². The molecule has 0 saturated heterocycles. The number of aryl methyl sites for hydroxylation is 2. The van der Waals surface area contributed by atoms with Gasteiger partial charge in [0, 0.05) is 16.1 Å². The molecule has 34 heavy (non-hydrogen) atoms. The van der Waals surface area contributed by atoms with Crippen molar-refractivity contribution in [2.75, 3.05) is 17.4 Å². The van der Waals surface area contributed by atoms with Crippen molar-refractivity contribution in [2.45, 2.75) is 32.1 Å². The lowest BCUT2D eigenvalue weighted by Gasteiger charge is -2.20. The van der Waals surface area contributed by atoms with E-state index in [-0.39, 0.29) is 24.5 Å². The Bertz CT molecular complexity index is 1440. The first-order valence-corrected chi connectivity index (χ1v) is 12.6. The summed E-state index contributed by atoms with van der Waals surface area (Å²) >= 11 is 3.06. The third-order valence-corrected chi connectivity index (χ3v) is 7.89.